The number of hydrogen-bond donors (Lipinski definition) is 2. The first-order chi connectivity index (χ1) is 7.11. The quantitative estimate of drug-likeness (QED) is 0.463. The van der Waals surface area contributed by atoms with E-state index in [0.29, 0.717) is 5.56 Å². The van der Waals surface area contributed by atoms with Crippen LogP contribution in [0.25, 0.3) is 5.03 Å². The van der Waals surface area contributed by atoms with Crippen LogP contribution >= 0.6 is 11.6 Å². The lowest BCUT2D eigenvalue weighted by molar-refractivity contribution is -0.131. The molecule has 0 saturated carbocycles. The van der Waals surface area contributed by atoms with Gasteiger partial charge in [-0.2, -0.15) is 0 Å². The fourth-order valence-electron chi connectivity index (χ4n) is 0.789. The topological polar surface area (TPSA) is 87.0 Å². The van der Waals surface area contributed by atoms with E-state index < -0.39 is 5.97 Å². The van der Waals surface area contributed by atoms with E-state index in [1.807, 2.05) is 6.07 Å². The minimum Gasteiger partial charge on any atom is -0.478 e. The summed E-state index contributed by atoms with van der Waals surface area (Å²) in [7, 11) is 0. The zero-order valence-electron chi connectivity index (χ0n) is 7.50. The van der Waals surface area contributed by atoms with Crippen LogP contribution in [-0.4, -0.2) is 16.3 Å². The van der Waals surface area contributed by atoms with Gasteiger partial charge in [0.15, 0.2) is 5.34 Å². The van der Waals surface area contributed by atoms with Crippen molar-refractivity contribution in [3.8, 4) is 0 Å². The van der Waals surface area contributed by atoms with Crippen LogP contribution < -0.4 is 0 Å². The predicted molar refractivity (Wildman–Crippen MR) is 55.5 cm³/mol. The van der Waals surface area contributed by atoms with Gasteiger partial charge >= 0.3 is 5.97 Å². The van der Waals surface area contributed by atoms with Gasteiger partial charge in [-0.25, -0.2) is 4.79 Å². The average molecular weight is 230 g/mol. The molecule has 0 aliphatic heterocycles. The first-order valence-electron chi connectivity index (χ1n) is 3.74. The molecule has 5 nitrogen and oxygen atoms in total. The molecule has 0 radical (unpaired) electrons. The third kappa shape index (κ3) is 6.23. The van der Waals surface area contributed by atoms with Gasteiger partial charge in [0.05, 0.1) is 5.03 Å². The van der Waals surface area contributed by atoms with Crippen molar-refractivity contribution < 1.29 is 15.1 Å². The molecule has 0 unspecified atom stereocenters. The summed E-state index contributed by atoms with van der Waals surface area (Å²) in [6, 6.07) is 8.94. The highest BCUT2D eigenvalue weighted by atomic mass is 35.5. The maximum Gasteiger partial charge on any atom is 0.329 e. The summed E-state index contributed by atoms with van der Waals surface area (Å²) in [5.41, 5.74) is 0.710. The number of carboxylic acid groups (broad SMARTS) is 1. The van der Waals surface area contributed by atoms with Gasteiger partial charge in [0.2, 0.25) is 0 Å². The molecular formula is C9H8ClNO4. The van der Waals surface area contributed by atoms with Crippen molar-refractivity contribution in [2.75, 3.05) is 0 Å². The van der Waals surface area contributed by atoms with Gasteiger partial charge in [0.25, 0.3) is 0 Å². The molecule has 0 aliphatic rings. The molecule has 1 aromatic rings. The molecule has 0 heterocycles. The molecule has 2 N–H and O–H groups in total. The monoisotopic (exact) mass is 229 g/mol. The Morgan fingerprint density at radius 3 is 2.20 bits per heavy atom. The van der Waals surface area contributed by atoms with Crippen LogP contribution in [0.5, 0.6) is 0 Å². The highest BCUT2D eigenvalue weighted by Gasteiger charge is 1.98. The summed E-state index contributed by atoms with van der Waals surface area (Å²) in [5, 5.41) is 16.5. The second kappa shape index (κ2) is 7.52. The van der Waals surface area contributed by atoms with E-state index in [9.17, 15) is 4.79 Å². The summed E-state index contributed by atoms with van der Waals surface area (Å²) >= 11 is 5.68. The smallest absolute Gasteiger partial charge is 0.329 e. The molecule has 0 aliphatic carbocycles. The highest BCUT2D eigenvalue weighted by molar-refractivity contribution is 6.50. The number of aliphatic carboxylic acids is 1. The number of rotatable bonds is 2. The molecular weight excluding hydrogens is 222 g/mol. The fourth-order valence-corrected chi connectivity index (χ4v) is 1.01. The third-order valence-electron chi connectivity index (χ3n) is 1.30. The van der Waals surface area contributed by atoms with E-state index in [1.54, 1.807) is 24.3 Å². The summed E-state index contributed by atoms with van der Waals surface area (Å²) in [6.45, 7) is 0. The van der Waals surface area contributed by atoms with Gasteiger partial charge in [0.1, 0.15) is 0 Å². The van der Waals surface area contributed by atoms with Crippen LogP contribution in [0.4, 0.5) is 0 Å². The van der Waals surface area contributed by atoms with Crippen LogP contribution in [0.3, 0.4) is 0 Å². The maximum atomic E-state index is 10.2. The Balaban J connectivity index is 0.000000583. The van der Waals surface area contributed by atoms with E-state index >= 15 is 0 Å². The molecule has 0 aromatic heterocycles. The molecule has 0 amide bonds. The lowest BCUT2D eigenvalue weighted by Crippen LogP contribution is -1.88. The Labute approximate surface area is 90.5 Å². The van der Waals surface area contributed by atoms with Crippen LogP contribution in [-0.2, 0) is 4.79 Å². The van der Waals surface area contributed by atoms with Gasteiger partial charge in [0, 0.05) is 6.08 Å². The lowest BCUT2D eigenvalue weighted by atomic mass is 10.2. The minimum absolute atomic E-state index is 0.239. The largest absolute Gasteiger partial charge is 0.478 e. The number of hydrogen-bond acceptors (Lipinski definition) is 3. The molecule has 0 spiro atoms. The Hall–Kier alpha value is -1.88. The molecule has 0 fully saturated rings. The zero-order valence-corrected chi connectivity index (χ0v) is 8.26. The number of carbonyl (C=O) groups is 1. The van der Waals surface area contributed by atoms with Crippen molar-refractivity contribution in [3.05, 3.63) is 46.9 Å². The first kappa shape index (κ1) is 13.1. The fraction of sp³-hybridized carbons (Fsp3) is 0. The molecule has 0 atom stereocenters. The Kier molecular flexibility index (Phi) is 6.57. The summed E-state index contributed by atoms with van der Waals surface area (Å²) in [5.74, 6) is -1.04. The van der Waals surface area contributed by atoms with E-state index in [2.05, 4.69) is 0 Å². The van der Waals surface area contributed by atoms with Crippen LogP contribution in [0, 0.1) is 4.91 Å². The maximum absolute atomic E-state index is 10.2. The SMILES string of the molecule is O=C(O)C=C(Cl)c1ccccc1.O=NO. The van der Waals surface area contributed by atoms with Crippen molar-refractivity contribution in [2.24, 2.45) is 5.34 Å². The van der Waals surface area contributed by atoms with Gasteiger partial charge in [-0.1, -0.05) is 41.9 Å². The molecule has 1 aromatic carbocycles. The Morgan fingerprint density at radius 1 is 1.33 bits per heavy atom. The zero-order chi connectivity index (χ0) is 11.7. The lowest BCUT2D eigenvalue weighted by Gasteiger charge is -1.95. The second-order valence-electron chi connectivity index (χ2n) is 2.28. The average Bonchev–Trinajstić information content (AvgIpc) is 2.19. The van der Waals surface area contributed by atoms with E-state index in [-0.39, 0.29) is 5.03 Å². The van der Waals surface area contributed by atoms with Gasteiger partial charge in [-0.3, -0.25) is 0 Å². The van der Waals surface area contributed by atoms with Crippen molar-refractivity contribution in [3.63, 3.8) is 0 Å². The van der Waals surface area contributed by atoms with Crippen molar-refractivity contribution >= 4 is 22.6 Å². The van der Waals surface area contributed by atoms with Crippen molar-refractivity contribution in [1.29, 1.82) is 0 Å². The number of nitrogens with zero attached hydrogens (tertiary/aromatic N) is 1. The molecule has 1 rings (SSSR count). The standard InChI is InChI=1S/C9H7ClO2.HNO2/c10-8(6-9(11)12)7-4-2-1-3-5-7;2-1-3/h1-6H,(H,11,12);(H,2,3). The third-order valence-corrected chi connectivity index (χ3v) is 1.63. The highest BCUT2D eigenvalue weighted by Crippen LogP contribution is 2.17. The summed E-state index contributed by atoms with van der Waals surface area (Å²) < 4.78 is 0. The minimum atomic E-state index is -1.04. The van der Waals surface area contributed by atoms with Crippen LogP contribution in [0.15, 0.2) is 41.7 Å². The molecule has 80 valence electrons. The van der Waals surface area contributed by atoms with Crippen molar-refractivity contribution in [1.82, 2.24) is 0 Å². The molecule has 0 saturated heterocycles. The molecule has 15 heavy (non-hydrogen) atoms. The molecule has 0 bridgehead atoms. The van der Waals surface area contributed by atoms with Crippen LogP contribution in [0.2, 0.25) is 0 Å². The number of benzene rings is 1. The first-order valence-corrected chi connectivity index (χ1v) is 4.12. The van der Waals surface area contributed by atoms with Gasteiger partial charge in [-0.05, 0) is 5.56 Å². The number of carboxylic acids is 1. The Bertz CT molecular complexity index is 350. The summed E-state index contributed by atoms with van der Waals surface area (Å²) in [4.78, 5) is 18.3. The molecule has 6 heteroatoms. The van der Waals surface area contributed by atoms with Gasteiger partial charge < -0.3 is 10.3 Å². The van der Waals surface area contributed by atoms with Gasteiger partial charge in [-0.15, -0.1) is 4.91 Å². The van der Waals surface area contributed by atoms with Crippen molar-refractivity contribution in [2.45, 2.75) is 0 Å². The van der Waals surface area contributed by atoms with E-state index in [1.165, 1.54) is 5.34 Å². The summed E-state index contributed by atoms with van der Waals surface area (Å²) in [6.07, 6.45) is 0.969. The normalized spacial score (nSPS) is 9.80. The Morgan fingerprint density at radius 2 is 1.80 bits per heavy atom. The van der Waals surface area contributed by atoms with Crippen LogP contribution in [0.1, 0.15) is 5.56 Å². The second-order valence-corrected chi connectivity index (χ2v) is 2.69. The predicted octanol–water partition coefficient (Wildman–Crippen LogP) is 2.49. The van der Waals surface area contributed by atoms with E-state index in [4.69, 9.17) is 26.8 Å². The number of halogens is 1. The van der Waals surface area contributed by atoms with E-state index in [0.717, 1.165) is 6.08 Å².